The van der Waals surface area contributed by atoms with E-state index in [2.05, 4.69) is 20.7 Å². The molecule has 0 aromatic heterocycles. The number of methoxy groups -OCH3 is 1. The van der Waals surface area contributed by atoms with Crippen molar-refractivity contribution in [3.8, 4) is 0 Å². The summed E-state index contributed by atoms with van der Waals surface area (Å²) in [5, 5.41) is 9.45. The van der Waals surface area contributed by atoms with E-state index < -0.39 is 5.41 Å². The Kier molecular flexibility index (Phi) is 4.50. The molecule has 1 unspecified atom stereocenters. The lowest BCUT2D eigenvalue weighted by Gasteiger charge is -2.26. The summed E-state index contributed by atoms with van der Waals surface area (Å²) >= 11 is 3.37. The molecule has 16 heavy (non-hydrogen) atoms. The van der Waals surface area contributed by atoms with Gasteiger partial charge in [0.1, 0.15) is 0 Å². The highest BCUT2D eigenvalue weighted by molar-refractivity contribution is 9.10. The smallest absolute Gasteiger partial charge is 0.306 e. The SMILES string of the molecule is COC(=O)CC(C)(CO)c1cccc(Br)c1. The number of carbonyl (C=O) groups excluding carboxylic acids is 1. The molecular weight excluding hydrogens is 272 g/mol. The van der Waals surface area contributed by atoms with Gasteiger partial charge in [-0.15, -0.1) is 0 Å². The number of rotatable bonds is 4. The van der Waals surface area contributed by atoms with Crippen LogP contribution >= 0.6 is 15.9 Å². The highest BCUT2D eigenvalue weighted by atomic mass is 79.9. The Morgan fingerprint density at radius 2 is 2.25 bits per heavy atom. The topological polar surface area (TPSA) is 46.5 Å². The summed E-state index contributed by atoms with van der Waals surface area (Å²) in [7, 11) is 1.35. The molecular formula is C12H15BrO3. The Balaban J connectivity index is 2.99. The highest BCUT2D eigenvalue weighted by Crippen LogP contribution is 2.29. The van der Waals surface area contributed by atoms with E-state index in [1.807, 2.05) is 31.2 Å². The van der Waals surface area contributed by atoms with Crippen LogP contribution < -0.4 is 0 Å². The molecule has 1 N–H and O–H groups in total. The van der Waals surface area contributed by atoms with Crippen molar-refractivity contribution in [2.24, 2.45) is 0 Å². The Labute approximate surface area is 104 Å². The number of aliphatic hydroxyl groups excluding tert-OH is 1. The molecule has 3 nitrogen and oxygen atoms in total. The van der Waals surface area contributed by atoms with Crippen molar-refractivity contribution in [1.29, 1.82) is 0 Å². The molecule has 0 radical (unpaired) electrons. The maximum absolute atomic E-state index is 11.3. The van der Waals surface area contributed by atoms with Crippen molar-refractivity contribution in [2.75, 3.05) is 13.7 Å². The van der Waals surface area contributed by atoms with Gasteiger partial charge in [0.05, 0.1) is 20.1 Å². The molecule has 1 aromatic rings. The zero-order valence-corrected chi connectivity index (χ0v) is 11.0. The highest BCUT2D eigenvalue weighted by Gasteiger charge is 2.29. The first kappa shape index (κ1) is 13.2. The van der Waals surface area contributed by atoms with E-state index in [0.717, 1.165) is 10.0 Å². The molecule has 0 aliphatic heterocycles. The van der Waals surface area contributed by atoms with Crippen molar-refractivity contribution in [3.05, 3.63) is 34.3 Å². The van der Waals surface area contributed by atoms with Crippen LogP contribution in [-0.2, 0) is 14.9 Å². The largest absolute Gasteiger partial charge is 0.469 e. The lowest BCUT2D eigenvalue weighted by Crippen LogP contribution is -2.30. The van der Waals surface area contributed by atoms with Gasteiger partial charge in [-0.05, 0) is 17.7 Å². The van der Waals surface area contributed by atoms with Crippen LogP contribution in [0, 0.1) is 0 Å². The Bertz CT molecular complexity index is 378. The molecule has 0 saturated carbocycles. The standard InChI is InChI=1S/C12H15BrO3/c1-12(8-14,7-11(15)16-2)9-4-3-5-10(13)6-9/h3-6,14H,7-8H2,1-2H3. The number of carbonyl (C=O) groups is 1. The lowest BCUT2D eigenvalue weighted by molar-refractivity contribution is -0.142. The third-order valence-corrected chi connectivity index (χ3v) is 3.13. The van der Waals surface area contributed by atoms with Gasteiger partial charge in [0.15, 0.2) is 0 Å². The van der Waals surface area contributed by atoms with Crippen LogP contribution in [0.5, 0.6) is 0 Å². The summed E-state index contributed by atoms with van der Waals surface area (Å²) in [4.78, 5) is 11.3. The minimum absolute atomic E-state index is 0.0987. The van der Waals surface area contributed by atoms with Gasteiger partial charge in [-0.25, -0.2) is 0 Å². The van der Waals surface area contributed by atoms with E-state index in [1.54, 1.807) is 0 Å². The number of aliphatic hydroxyl groups is 1. The Hall–Kier alpha value is -0.870. The molecule has 1 atom stereocenters. The fourth-order valence-electron chi connectivity index (χ4n) is 1.50. The van der Waals surface area contributed by atoms with Gasteiger partial charge < -0.3 is 9.84 Å². The fourth-order valence-corrected chi connectivity index (χ4v) is 1.90. The molecule has 0 bridgehead atoms. The normalized spacial score (nSPS) is 14.2. The number of ether oxygens (including phenoxy) is 1. The van der Waals surface area contributed by atoms with Crippen molar-refractivity contribution in [1.82, 2.24) is 0 Å². The van der Waals surface area contributed by atoms with Gasteiger partial charge in [0.25, 0.3) is 0 Å². The minimum atomic E-state index is -0.600. The van der Waals surface area contributed by atoms with Crippen molar-refractivity contribution >= 4 is 21.9 Å². The molecule has 4 heteroatoms. The minimum Gasteiger partial charge on any atom is -0.469 e. The van der Waals surface area contributed by atoms with E-state index in [1.165, 1.54) is 7.11 Å². The number of hydrogen-bond donors (Lipinski definition) is 1. The second kappa shape index (κ2) is 5.46. The van der Waals surface area contributed by atoms with Crippen molar-refractivity contribution in [2.45, 2.75) is 18.8 Å². The lowest BCUT2D eigenvalue weighted by atomic mass is 9.80. The number of benzene rings is 1. The van der Waals surface area contributed by atoms with Crippen LogP contribution in [0.25, 0.3) is 0 Å². The first-order valence-corrected chi connectivity index (χ1v) is 5.75. The third kappa shape index (κ3) is 3.06. The van der Waals surface area contributed by atoms with E-state index in [0.29, 0.717) is 0 Å². The van der Waals surface area contributed by atoms with Crippen LogP contribution in [0.2, 0.25) is 0 Å². The fraction of sp³-hybridized carbons (Fsp3) is 0.417. The Morgan fingerprint density at radius 3 is 2.75 bits per heavy atom. The van der Waals surface area contributed by atoms with E-state index >= 15 is 0 Å². The maximum Gasteiger partial charge on any atom is 0.306 e. The molecule has 1 aromatic carbocycles. The van der Waals surface area contributed by atoms with Crippen molar-refractivity contribution < 1.29 is 14.6 Å². The summed E-state index contributed by atoms with van der Waals surface area (Å²) in [5.74, 6) is -0.323. The molecule has 0 spiro atoms. The molecule has 0 aliphatic carbocycles. The first-order valence-electron chi connectivity index (χ1n) is 4.95. The quantitative estimate of drug-likeness (QED) is 0.864. The average Bonchev–Trinajstić information content (AvgIpc) is 2.28. The molecule has 1 rings (SSSR count). The van der Waals surface area contributed by atoms with Crippen molar-refractivity contribution in [3.63, 3.8) is 0 Å². The van der Waals surface area contributed by atoms with Crippen LogP contribution in [0.15, 0.2) is 28.7 Å². The zero-order chi connectivity index (χ0) is 12.2. The zero-order valence-electron chi connectivity index (χ0n) is 9.37. The second-order valence-electron chi connectivity index (χ2n) is 3.98. The predicted molar refractivity (Wildman–Crippen MR) is 65.2 cm³/mol. The summed E-state index contributed by atoms with van der Waals surface area (Å²) in [6.07, 6.45) is 0.163. The monoisotopic (exact) mass is 286 g/mol. The Morgan fingerprint density at radius 1 is 1.56 bits per heavy atom. The van der Waals surface area contributed by atoms with Crippen LogP contribution in [0.1, 0.15) is 18.9 Å². The maximum atomic E-state index is 11.3. The third-order valence-electron chi connectivity index (χ3n) is 2.63. The van der Waals surface area contributed by atoms with Gasteiger partial charge >= 0.3 is 5.97 Å². The van der Waals surface area contributed by atoms with Gasteiger partial charge in [-0.3, -0.25) is 4.79 Å². The van der Waals surface area contributed by atoms with Gasteiger partial charge in [0, 0.05) is 9.89 Å². The number of hydrogen-bond acceptors (Lipinski definition) is 3. The molecule has 0 aliphatic rings. The number of esters is 1. The molecule has 0 fully saturated rings. The van der Waals surface area contributed by atoms with Gasteiger partial charge in [-0.1, -0.05) is 35.0 Å². The molecule has 88 valence electrons. The summed E-state index contributed by atoms with van der Waals surface area (Å²) in [6, 6.07) is 7.58. The molecule has 0 heterocycles. The van der Waals surface area contributed by atoms with Crippen LogP contribution in [0.3, 0.4) is 0 Å². The summed E-state index contributed by atoms with van der Waals surface area (Å²) in [6.45, 7) is 1.74. The van der Waals surface area contributed by atoms with Crippen LogP contribution in [0.4, 0.5) is 0 Å². The second-order valence-corrected chi connectivity index (χ2v) is 4.90. The summed E-state index contributed by atoms with van der Waals surface area (Å²) < 4.78 is 5.56. The van der Waals surface area contributed by atoms with E-state index in [-0.39, 0.29) is 19.0 Å². The predicted octanol–water partition coefficient (Wildman–Crippen LogP) is 2.26. The number of halogens is 1. The van der Waals surface area contributed by atoms with Gasteiger partial charge in [0.2, 0.25) is 0 Å². The average molecular weight is 287 g/mol. The first-order chi connectivity index (χ1) is 7.51. The summed E-state index contributed by atoms with van der Waals surface area (Å²) in [5.41, 5.74) is 0.312. The molecule has 0 saturated heterocycles. The van der Waals surface area contributed by atoms with Crippen LogP contribution in [-0.4, -0.2) is 24.8 Å². The molecule has 0 amide bonds. The van der Waals surface area contributed by atoms with E-state index in [4.69, 9.17) is 0 Å². The van der Waals surface area contributed by atoms with E-state index in [9.17, 15) is 9.90 Å². The van der Waals surface area contributed by atoms with Gasteiger partial charge in [-0.2, -0.15) is 0 Å².